The quantitative estimate of drug-likeness (QED) is 0.925. The van der Waals surface area contributed by atoms with Gasteiger partial charge in [0.2, 0.25) is 0 Å². The van der Waals surface area contributed by atoms with Crippen molar-refractivity contribution >= 4 is 21.6 Å². The molecule has 2 rings (SSSR count). The van der Waals surface area contributed by atoms with E-state index in [-0.39, 0.29) is 10.8 Å². The molecule has 5 nitrogen and oxygen atoms in total. The van der Waals surface area contributed by atoms with Crippen LogP contribution in [0.25, 0.3) is 0 Å². The number of carbonyl (C=O) groups is 1. The van der Waals surface area contributed by atoms with Gasteiger partial charge in [-0.3, -0.25) is 9.52 Å². The molecule has 0 saturated heterocycles. The molecule has 0 aliphatic rings. The molecule has 0 unspecified atom stereocenters. The van der Waals surface area contributed by atoms with Gasteiger partial charge in [0, 0.05) is 19.7 Å². The molecule has 2 aromatic carbocycles. The summed E-state index contributed by atoms with van der Waals surface area (Å²) in [5, 5.41) is 0. The predicted octanol–water partition coefficient (Wildman–Crippen LogP) is 3.11. The third-order valence-electron chi connectivity index (χ3n) is 3.76. The minimum atomic E-state index is -3.78. The highest BCUT2D eigenvalue weighted by Crippen LogP contribution is 2.23. The summed E-state index contributed by atoms with van der Waals surface area (Å²) in [6, 6.07) is 10.2. The fraction of sp³-hybridized carbons (Fsp3) is 0.278. The Balaban J connectivity index is 2.45. The van der Waals surface area contributed by atoms with Gasteiger partial charge in [0.15, 0.2) is 0 Å². The molecule has 0 radical (unpaired) electrons. The summed E-state index contributed by atoms with van der Waals surface area (Å²) >= 11 is 0. The Morgan fingerprint density at radius 3 is 2.21 bits per heavy atom. The second-order valence-electron chi connectivity index (χ2n) is 6.10. The topological polar surface area (TPSA) is 66.5 Å². The largest absolute Gasteiger partial charge is 0.345 e. The monoisotopic (exact) mass is 346 g/mol. The normalized spacial score (nSPS) is 11.2. The Bertz CT molecular complexity index is 887. The maximum atomic E-state index is 12.8. The second kappa shape index (κ2) is 6.65. The molecule has 0 atom stereocenters. The number of aryl methyl sites for hydroxylation is 3. The van der Waals surface area contributed by atoms with Gasteiger partial charge in [-0.1, -0.05) is 23.8 Å². The van der Waals surface area contributed by atoms with E-state index in [9.17, 15) is 13.2 Å². The van der Waals surface area contributed by atoms with Gasteiger partial charge in [0.05, 0.1) is 10.6 Å². The third kappa shape index (κ3) is 3.76. The fourth-order valence-corrected chi connectivity index (χ4v) is 3.81. The van der Waals surface area contributed by atoms with Crippen molar-refractivity contribution < 1.29 is 13.2 Å². The summed E-state index contributed by atoms with van der Waals surface area (Å²) < 4.78 is 28.2. The van der Waals surface area contributed by atoms with E-state index in [4.69, 9.17) is 0 Å². The number of anilines is 1. The van der Waals surface area contributed by atoms with Crippen LogP contribution >= 0.6 is 0 Å². The highest BCUT2D eigenvalue weighted by molar-refractivity contribution is 7.92. The van der Waals surface area contributed by atoms with Crippen LogP contribution in [0, 0.1) is 20.8 Å². The van der Waals surface area contributed by atoms with E-state index in [1.165, 1.54) is 11.0 Å². The van der Waals surface area contributed by atoms with Gasteiger partial charge in [-0.25, -0.2) is 8.42 Å². The lowest BCUT2D eigenvalue weighted by atomic mass is 10.1. The molecule has 0 bridgehead atoms. The van der Waals surface area contributed by atoms with Gasteiger partial charge in [-0.2, -0.15) is 0 Å². The van der Waals surface area contributed by atoms with Gasteiger partial charge in [0.1, 0.15) is 0 Å². The van der Waals surface area contributed by atoms with Crippen molar-refractivity contribution in [3.8, 4) is 0 Å². The Kier molecular flexibility index (Phi) is 4.99. The van der Waals surface area contributed by atoms with Crippen LogP contribution in [0.15, 0.2) is 41.3 Å². The van der Waals surface area contributed by atoms with E-state index < -0.39 is 10.0 Å². The molecule has 0 fully saturated rings. The number of hydrogen-bond acceptors (Lipinski definition) is 3. The van der Waals surface area contributed by atoms with Crippen LogP contribution in [0.5, 0.6) is 0 Å². The van der Waals surface area contributed by atoms with Crippen LogP contribution in [-0.2, 0) is 10.0 Å². The highest BCUT2D eigenvalue weighted by atomic mass is 32.2. The van der Waals surface area contributed by atoms with Crippen LogP contribution < -0.4 is 4.72 Å². The number of nitrogens with zero attached hydrogens (tertiary/aromatic N) is 1. The molecule has 2 aromatic rings. The van der Waals surface area contributed by atoms with Crippen LogP contribution in [0.2, 0.25) is 0 Å². The molecular formula is C18H22N2O3S. The number of carbonyl (C=O) groups excluding carboxylic acids is 1. The molecule has 0 spiro atoms. The SMILES string of the molecule is Cc1ccc(NS(=O)(=O)c2cc(C(=O)N(C)C)ccc2C)c(C)c1. The molecule has 128 valence electrons. The van der Waals surface area contributed by atoms with Gasteiger partial charge in [-0.05, 0) is 50.1 Å². The maximum Gasteiger partial charge on any atom is 0.262 e. The van der Waals surface area contributed by atoms with Gasteiger partial charge < -0.3 is 4.90 Å². The van der Waals surface area contributed by atoms with Crippen LogP contribution in [0.4, 0.5) is 5.69 Å². The van der Waals surface area contributed by atoms with Gasteiger partial charge >= 0.3 is 0 Å². The molecule has 0 aliphatic carbocycles. The lowest BCUT2D eigenvalue weighted by molar-refractivity contribution is 0.0827. The number of amides is 1. The van der Waals surface area contributed by atoms with E-state index >= 15 is 0 Å². The molecule has 1 N–H and O–H groups in total. The minimum Gasteiger partial charge on any atom is -0.345 e. The zero-order valence-corrected chi connectivity index (χ0v) is 15.4. The smallest absolute Gasteiger partial charge is 0.262 e. The summed E-state index contributed by atoms with van der Waals surface area (Å²) in [6.07, 6.45) is 0. The van der Waals surface area contributed by atoms with Crippen molar-refractivity contribution in [3.63, 3.8) is 0 Å². The Morgan fingerprint density at radius 2 is 1.62 bits per heavy atom. The van der Waals surface area contributed by atoms with E-state index in [0.29, 0.717) is 16.8 Å². The van der Waals surface area contributed by atoms with Crippen molar-refractivity contribution in [2.45, 2.75) is 25.7 Å². The first-order valence-electron chi connectivity index (χ1n) is 7.54. The number of hydrogen-bond donors (Lipinski definition) is 1. The zero-order chi connectivity index (χ0) is 18.1. The van der Waals surface area contributed by atoms with Crippen molar-refractivity contribution in [2.24, 2.45) is 0 Å². The standard InChI is InChI=1S/C18H22N2O3S/c1-12-6-9-16(14(3)10-12)19-24(22,23)17-11-15(8-7-13(17)2)18(21)20(4)5/h6-11,19H,1-5H3. The zero-order valence-electron chi connectivity index (χ0n) is 14.5. The first-order chi connectivity index (χ1) is 11.1. The van der Waals surface area contributed by atoms with Crippen molar-refractivity contribution in [2.75, 3.05) is 18.8 Å². The molecular weight excluding hydrogens is 324 g/mol. The fourth-order valence-electron chi connectivity index (χ4n) is 2.41. The first-order valence-corrected chi connectivity index (χ1v) is 9.02. The van der Waals surface area contributed by atoms with Crippen LogP contribution in [-0.4, -0.2) is 33.3 Å². The second-order valence-corrected chi connectivity index (χ2v) is 7.75. The minimum absolute atomic E-state index is 0.107. The van der Waals surface area contributed by atoms with E-state index in [1.54, 1.807) is 39.2 Å². The van der Waals surface area contributed by atoms with Crippen LogP contribution in [0.3, 0.4) is 0 Å². The average Bonchev–Trinajstić information content (AvgIpc) is 2.49. The molecule has 0 aliphatic heterocycles. The molecule has 24 heavy (non-hydrogen) atoms. The first kappa shape index (κ1) is 18.0. The molecule has 0 saturated carbocycles. The Labute approximate surface area is 143 Å². The summed E-state index contributed by atoms with van der Waals surface area (Å²) in [5.74, 6) is -0.238. The highest BCUT2D eigenvalue weighted by Gasteiger charge is 2.20. The number of nitrogens with one attached hydrogen (secondary N) is 1. The molecule has 0 aromatic heterocycles. The lowest BCUT2D eigenvalue weighted by Gasteiger charge is -2.15. The third-order valence-corrected chi connectivity index (χ3v) is 5.26. The molecule has 6 heteroatoms. The Hall–Kier alpha value is -2.34. The van der Waals surface area contributed by atoms with Crippen molar-refractivity contribution in [1.82, 2.24) is 4.90 Å². The van der Waals surface area contributed by atoms with E-state index in [2.05, 4.69) is 4.72 Å². The van der Waals surface area contributed by atoms with E-state index in [1.807, 2.05) is 26.0 Å². The summed E-state index contributed by atoms with van der Waals surface area (Å²) in [4.78, 5) is 13.6. The summed E-state index contributed by atoms with van der Waals surface area (Å²) in [5.41, 5.74) is 3.36. The van der Waals surface area contributed by atoms with Crippen molar-refractivity contribution in [1.29, 1.82) is 0 Å². The van der Waals surface area contributed by atoms with Gasteiger partial charge in [0.25, 0.3) is 15.9 Å². The predicted molar refractivity (Wildman–Crippen MR) is 95.9 cm³/mol. The number of rotatable bonds is 4. The Morgan fingerprint density at radius 1 is 0.958 bits per heavy atom. The molecule has 1 amide bonds. The van der Waals surface area contributed by atoms with Crippen LogP contribution in [0.1, 0.15) is 27.0 Å². The van der Waals surface area contributed by atoms with Gasteiger partial charge in [-0.15, -0.1) is 0 Å². The number of sulfonamides is 1. The van der Waals surface area contributed by atoms with Crippen molar-refractivity contribution in [3.05, 3.63) is 58.7 Å². The summed E-state index contributed by atoms with van der Waals surface area (Å²) in [6.45, 7) is 5.51. The van der Waals surface area contributed by atoms with E-state index in [0.717, 1.165) is 11.1 Å². The number of benzene rings is 2. The average molecular weight is 346 g/mol. The summed E-state index contributed by atoms with van der Waals surface area (Å²) in [7, 11) is -0.523. The lowest BCUT2D eigenvalue weighted by Crippen LogP contribution is -2.22. The maximum absolute atomic E-state index is 12.8. The molecule has 0 heterocycles.